The lowest BCUT2D eigenvalue weighted by atomic mass is 9.55. The Labute approximate surface area is 101 Å². The maximum Gasteiger partial charge on any atom is 0.137 e. The molecule has 0 spiro atoms. The molecule has 1 saturated carbocycles. The van der Waals surface area contributed by atoms with Crippen molar-refractivity contribution in [3.05, 3.63) is 0 Å². The number of hydrogen-bond donors (Lipinski definition) is 0. The second-order valence-corrected chi connectivity index (χ2v) is 7.33. The van der Waals surface area contributed by atoms with Gasteiger partial charge in [0.1, 0.15) is 5.78 Å². The molecule has 0 bridgehead atoms. The van der Waals surface area contributed by atoms with Crippen LogP contribution < -0.4 is 0 Å². The first-order valence-electron chi connectivity index (χ1n) is 6.69. The van der Waals surface area contributed by atoms with Gasteiger partial charge < -0.3 is 0 Å². The van der Waals surface area contributed by atoms with Crippen LogP contribution in [0.15, 0.2) is 0 Å². The predicted molar refractivity (Wildman–Crippen MR) is 69.4 cm³/mol. The van der Waals surface area contributed by atoms with Crippen LogP contribution in [0.4, 0.5) is 0 Å². The Morgan fingerprint density at radius 3 is 1.94 bits per heavy atom. The van der Waals surface area contributed by atoms with Crippen molar-refractivity contribution >= 4 is 5.78 Å². The second-order valence-electron chi connectivity index (χ2n) is 7.33. The van der Waals surface area contributed by atoms with Crippen molar-refractivity contribution in [1.82, 2.24) is 0 Å². The summed E-state index contributed by atoms with van der Waals surface area (Å²) in [6.45, 7) is 13.4. The summed E-state index contributed by atoms with van der Waals surface area (Å²) < 4.78 is 0. The third kappa shape index (κ3) is 2.87. The van der Waals surface area contributed by atoms with Gasteiger partial charge in [-0.1, -0.05) is 48.0 Å². The monoisotopic (exact) mass is 224 g/mol. The van der Waals surface area contributed by atoms with Gasteiger partial charge in [0.2, 0.25) is 0 Å². The topological polar surface area (TPSA) is 17.1 Å². The summed E-state index contributed by atoms with van der Waals surface area (Å²) in [6, 6.07) is 0. The molecule has 0 N–H and O–H groups in total. The number of carbonyl (C=O) groups excluding carboxylic acids is 1. The molecule has 1 aliphatic carbocycles. The third-order valence-electron chi connectivity index (χ3n) is 4.14. The SMILES string of the molecule is CC(C)CC(=O)C1C(C)(C)CCCC1(C)C. The molecule has 0 aliphatic heterocycles. The van der Waals surface area contributed by atoms with Crippen molar-refractivity contribution in [2.75, 3.05) is 0 Å². The zero-order valence-corrected chi connectivity index (χ0v) is 11.9. The zero-order chi connectivity index (χ0) is 12.6. The van der Waals surface area contributed by atoms with Crippen LogP contribution >= 0.6 is 0 Å². The molecule has 16 heavy (non-hydrogen) atoms. The van der Waals surface area contributed by atoms with Crippen molar-refractivity contribution in [3.8, 4) is 0 Å². The predicted octanol–water partition coefficient (Wildman–Crippen LogP) is 4.45. The molecule has 0 amide bonds. The van der Waals surface area contributed by atoms with E-state index in [0.29, 0.717) is 11.7 Å². The summed E-state index contributed by atoms with van der Waals surface area (Å²) in [5.74, 6) is 1.22. The van der Waals surface area contributed by atoms with Gasteiger partial charge >= 0.3 is 0 Å². The van der Waals surface area contributed by atoms with Crippen molar-refractivity contribution in [3.63, 3.8) is 0 Å². The first-order chi connectivity index (χ1) is 7.17. The number of rotatable bonds is 3. The summed E-state index contributed by atoms with van der Waals surface area (Å²) in [5, 5.41) is 0. The van der Waals surface area contributed by atoms with Gasteiger partial charge in [-0.15, -0.1) is 0 Å². The molecule has 0 saturated heterocycles. The van der Waals surface area contributed by atoms with E-state index in [1.165, 1.54) is 19.3 Å². The maximum atomic E-state index is 12.4. The van der Waals surface area contributed by atoms with E-state index >= 15 is 0 Å². The average Bonchev–Trinajstić information content (AvgIpc) is 1.97. The second kappa shape index (κ2) is 4.50. The van der Waals surface area contributed by atoms with E-state index in [1.807, 2.05) is 0 Å². The van der Waals surface area contributed by atoms with Crippen molar-refractivity contribution < 1.29 is 4.79 Å². The van der Waals surface area contributed by atoms with Crippen LogP contribution in [-0.4, -0.2) is 5.78 Å². The summed E-state index contributed by atoms with van der Waals surface area (Å²) >= 11 is 0. The smallest absolute Gasteiger partial charge is 0.137 e. The van der Waals surface area contributed by atoms with E-state index in [4.69, 9.17) is 0 Å². The summed E-state index contributed by atoms with van der Waals surface area (Å²) in [5.41, 5.74) is 0.376. The minimum Gasteiger partial charge on any atom is -0.299 e. The summed E-state index contributed by atoms with van der Waals surface area (Å²) in [7, 11) is 0. The molecule has 1 heteroatoms. The largest absolute Gasteiger partial charge is 0.299 e. The Balaban J connectivity index is 2.90. The lowest BCUT2D eigenvalue weighted by Crippen LogP contribution is -2.45. The normalized spacial score (nSPS) is 24.7. The third-order valence-corrected chi connectivity index (χ3v) is 4.14. The number of hydrogen-bond acceptors (Lipinski definition) is 1. The van der Waals surface area contributed by atoms with Crippen LogP contribution in [0.1, 0.15) is 67.2 Å². The lowest BCUT2D eigenvalue weighted by Gasteiger charge is -2.48. The highest BCUT2D eigenvalue weighted by Crippen LogP contribution is 2.51. The van der Waals surface area contributed by atoms with Crippen LogP contribution in [0, 0.1) is 22.7 Å². The number of Topliss-reactive ketones (excluding diaryl/α,β-unsaturated/α-hetero) is 1. The Bertz CT molecular complexity index is 245. The van der Waals surface area contributed by atoms with E-state index < -0.39 is 0 Å². The fourth-order valence-corrected chi connectivity index (χ4v) is 3.74. The Kier molecular flexibility index (Phi) is 3.87. The van der Waals surface area contributed by atoms with E-state index in [2.05, 4.69) is 41.5 Å². The van der Waals surface area contributed by atoms with Gasteiger partial charge in [-0.2, -0.15) is 0 Å². The molecule has 1 fully saturated rings. The fourth-order valence-electron chi connectivity index (χ4n) is 3.74. The molecule has 0 unspecified atom stereocenters. The molecule has 1 nitrogen and oxygen atoms in total. The molecule has 0 aromatic carbocycles. The molecule has 0 radical (unpaired) electrons. The fraction of sp³-hybridized carbons (Fsp3) is 0.933. The van der Waals surface area contributed by atoms with Crippen LogP contribution in [0.2, 0.25) is 0 Å². The Morgan fingerprint density at radius 2 is 1.56 bits per heavy atom. The van der Waals surface area contributed by atoms with Gasteiger partial charge in [-0.05, 0) is 29.6 Å². The van der Waals surface area contributed by atoms with E-state index in [-0.39, 0.29) is 16.7 Å². The van der Waals surface area contributed by atoms with Gasteiger partial charge in [-0.25, -0.2) is 0 Å². The molecule has 0 heterocycles. The van der Waals surface area contributed by atoms with E-state index in [1.54, 1.807) is 0 Å². The highest BCUT2D eigenvalue weighted by Gasteiger charge is 2.47. The Hall–Kier alpha value is -0.330. The van der Waals surface area contributed by atoms with Crippen molar-refractivity contribution in [2.24, 2.45) is 22.7 Å². The zero-order valence-electron chi connectivity index (χ0n) is 11.9. The first-order valence-corrected chi connectivity index (χ1v) is 6.69. The van der Waals surface area contributed by atoms with Gasteiger partial charge in [0.15, 0.2) is 0 Å². The first kappa shape index (κ1) is 13.7. The average molecular weight is 224 g/mol. The van der Waals surface area contributed by atoms with Crippen molar-refractivity contribution in [2.45, 2.75) is 67.2 Å². The van der Waals surface area contributed by atoms with Gasteiger partial charge in [0.25, 0.3) is 0 Å². The quantitative estimate of drug-likeness (QED) is 0.692. The summed E-state index contributed by atoms with van der Waals surface area (Å²) in [6.07, 6.45) is 4.42. The van der Waals surface area contributed by atoms with Gasteiger partial charge in [-0.3, -0.25) is 4.79 Å². The van der Waals surface area contributed by atoms with Crippen LogP contribution in [0.5, 0.6) is 0 Å². The molecular formula is C15H28O. The minimum atomic E-state index is 0.188. The van der Waals surface area contributed by atoms with Gasteiger partial charge in [0.05, 0.1) is 0 Å². The molecule has 1 aliphatic rings. The van der Waals surface area contributed by atoms with Crippen LogP contribution in [0.25, 0.3) is 0 Å². The molecule has 1 rings (SSSR count). The molecule has 0 aromatic heterocycles. The molecule has 0 atom stereocenters. The van der Waals surface area contributed by atoms with Crippen molar-refractivity contribution in [1.29, 1.82) is 0 Å². The van der Waals surface area contributed by atoms with Crippen LogP contribution in [-0.2, 0) is 4.79 Å². The lowest BCUT2D eigenvalue weighted by molar-refractivity contribution is -0.136. The van der Waals surface area contributed by atoms with Crippen LogP contribution in [0.3, 0.4) is 0 Å². The minimum absolute atomic E-state index is 0.188. The summed E-state index contributed by atoms with van der Waals surface area (Å²) in [4.78, 5) is 12.4. The molecular weight excluding hydrogens is 196 g/mol. The molecule has 94 valence electrons. The number of ketones is 1. The maximum absolute atomic E-state index is 12.4. The number of carbonyl (C=O) groups is 1. The van der Waals surface area contributed by atoms with E-state index in [0.717, 1.165) is 6.42 Å². The standard InChI is InChI=1S/C15H28O/c1-11(2)10-12(16)13-14(3,4)8-7-9-15(13,5)6/h11,13H,7-10H2,1-6H3. The van der Waals surface area contributed by atoms with Gasteiger partial charge in [0, 0.05) is 12.3 Å². The van der Waals surface area contributed by atoms with E-state index in [9.17, 15) is 4.79 Å². The molecule has 0 aromatic rings. The highest BCUT2D eigenvalue weighted by atomic mass is 16.1. The Morgan fingerprint density at radius 1 is 1.12 bits per heavy atom. The highest BCUT2D eigenvalue weighted by molar-refractivity contribution is 5.82.